The summed E-state index contributed by atoms with van der Waals surface area (Å²) in [4.78, 5) is 26.1. The van der Waals surface area contributed by atoms with Crippen molar-refractivity contribution in [1.82, 2.24) is 15.0 Å². The number of aryl methyl sites for hydroxylation is 1. The fraction of sp³-hybridized carbons (Fsp3) is 0.0526. The number of thiazole rings is 1. The first-order valence-corrected chi connectivity index (χ1v) is 9.05. The average Bonchev–Trinajstić information content (AvgIpc) is 3.08. The van der Waals surface area contributed by atoms with Crippen LogP contribution in [0.3, 0.4) is 0 Å². The minimum absolute atomic E-state index is 0.228. The zero-order chi connectivity index (χ0) is 18.1. The average molecular weight is 381 g/mol. The van der Waals surface area contributed by atoms with Gasteiger partial charge in [-0.1, -0.05) is 22.9 Å². The van der Waals surface area contributed by atoms with Crippen LogP contribution in [0.4, 0.5) is 5.69 Å². The Morgan fingerprint density at radius 1 is 1.15 bits per heavy atom. The molecule has 0 spiro atoms. The van der Waals surface area contributed by atoms with E-state index in [0.29, 0.717) is 10.7 Å². The second-order valence-electron chi connectivity index (χ2n) is 5.70. The number of aromatic nitrogens is 3. The normalized spacial score (nSPS) is 10.8. The molecule has 1 amide bonds. The Balaban J connectivity index is 1.59. The van der Waals surface area contributed by atoms with Crippen molar-refractivity contribution in [2.24, 2.45) is 0 Å². The first-order valence-electron chi connectivity index (χ1n) is 7.85. The zero-order valence-electron chi connectivity index (χ0n) is 13.7. The van der Waals surface area contributed by atoms with Crippen molar-refractivity contribution in [3.05, 3.63) is 71.1 Å². The standard InChI is InChI=1S/C19H13ClN4OS/c1-11-9-12(18-24-15-3-2-8-21-19(15)26-18)4-6-14(11)23-17(25)13-5-7-16(20)22-10-13/h2-10H,1H3,(H,23,25). The molecular weight excluding hydrogens is 368 g/mol. The molecule has 4 rings (SSSR count). The molecule has 3 heterocycles. The van der Waals surface area contributed by atoms with Crippen LogP contribution in [0.5, 0.6) is 0 Å². The SMILES string of the molecule is Cc1cc(-c2nc3cccnc3s2)ccc1NC(=O)c1ccc(Cl)nc1. The van der Waals surface area contributed by atoms with Crippen molar-refractivity contribution >= 4 is 44.9 Å². The van der Waals surface area contributed by atoms with Crippen molar-refractivity contribution < 1.29 is 4.79 Å². The van der Waals surface area contributed by atoms with Crippen LogP contribution in [0, 0.1) is 6.92 Å². The van der Waals surface area contributed by atoms with Crippen LogP contribution < -0.4 is 5.32 Å². The van der Waals surface area contributed by atoms with Crippen molar-refractivity contribution in [3.63, 3.8) is 0 Å². The number of fused-ring (bicyclic) bond motifs is 1. The summed E-state index contributed by atoms with van der Waals surface area (Å²) in [5.41, 5.74) is 4.03. The number of halogens is 1. The fourth-order valence-electron chi connectivity index (χ4n) is 2.53. The van der Waals surface area contributed by atoms with Gasteiger partial charge in [0.1, 0.15) is 20.5 Å². The number of carbonyl (C=O) groups is 1. The maximum Gasteiger partial charge on any atom is 0.257 e. The number of carbonyl (C=O) groups excluding carboxylic acids is 1. The van der Waals surface area contributed by atoms with E-state index in [2.05, 4.69) is 20.3 Å². The Morgan fingerprint density at radius 2 is 2.04 bits per heavy atom. The summed E-state index contributed by atoms with van der Waals surface area (Å²) >= 11 is 7.30. The molecule has 0 aliphatic rings. The van der Waals surface area contributed by atoms with E-state index in [-0.39, 0.29) is 5.91 Å². The summed E-state index contributed by atoms with van der Waals surface area (Å²) < 4.78 is 0. The zero-order valence-corrected chi connectivity index (χ0v) is 15.3. The van der Waals surface area contributed by atoms with E-state index in [0.717, 1.165) is 32.2 Å². The number of hydrogen-bond acceptors (Lipinski definition) is 5. The van der Waals surface area contributed by atoms with E-state index in [9.17, 15) is 4.79 Å². The molecule has 26 heavy (non-hydrogen) atoms. The van der Waals surface area contributed by atoms with Crippen LogP contribution in [0.1, 0.15) is 15.9 Å². The van der Waals surface area contributed by atoms with Crippen molar-refractivity contribution in [1.29, 1.82) is 0 Å². The highest BCUT2D eigenvalue weighted by atomic mass is 35.5. The number of hydrogen-bond donors (Lipinski definition) is 1. The van der Waals surface area contributed by atoms with Gasteiger partial charge in [0.2, 0.25) is 0 Å². The third kappa shape index (κ3) is 3.29. The maximum atomic E-state index is 12.3. The summed E-state index contributed by atoms with van der Waals surface area (Å²) in [6, 6.07) is 12.9. The van der Waals surface area contributed by atoms with Crippen LogP contribution in [-0.2, 0) is 0 Å². The van der Waals surface area contributed by atoms with Gasteiger partial charge in [-0.05, 0) is 55.0 Å². The van der Waals surface area contributed by atoms with Crippen LogP contribution >= 0.6 is 22.9 Å². The van der Waals surface area contributed by atoms with Gasteiger partial charge in [-0.3, -0.25) is 4.79 Å². The van der Waals surface area contributed by atoms with Crippen molar-refractivity contribution in [2.75, 3.05) is 5.32 Å². The van der Waals surface area contributed by atoms with Crippen LogP contribution in [-0.4, -0.2) is 20.9 Å². The number of nitrogens with one attached hydrogen (secondary N) is 1. The third-order valence-corrected chi connectivity index (χ3v) is 5.13. The highest BCUT2D eigenvalue weighted by Crippen LogP contribution is 2.31. The van der Waals surface area contributed by atoms with E-state index in [1.54, 1.807) is 29.7 Å². The molecule has 0 bridgehead atoms. The molecule has 0 saturated heterocycles. The summed E-state index contributed by atoms with van der Waals surface area (Å²) in [5, 5.41) is 4.16. The van der Waals surface area contributed by atoms with Gasteiger partial charge in [-0.15, -0.1) is 0 Å². The lowest BCUT2D eigenvalue weighted by molar-refractivity contribution is 0.102. The summed E-state index contributed by atoms with van der Waals surface area (Å²) in [7, 11) is 0. The summed E-state index contributed by atoms with van der Waals surface area (Å²) in [5.74, 6) is -0.228. The molecule has 7 heteroatoms. The van der Waals surface area contributed by atoms with Gasteiger partial charge in [-0.25, -0.2) is 15.0 Å². The van der Waals surface area contributed by atoms with Gasteiger partial charge in [0.05, 0.1) is 5.56 Å². The Bertz CT molecular complexity index is 1080. The predicted octanol–water partition coefficient (Wildman–Crippen LogP) is 4.97. The first kappa shape index (κ1) is 16.6. The van der Waals surface area contributed by atoms with Gasteiger partial charge in [0, 0.05) is 23.6 Å². The Hall–Kier alpha value is -2.83. The second-order valence-corrected chi connectivity index (χ2v) is 7.06. The van der Waals surface area contributed by atoms with Gasteiger partial charge in [-0.2, -0.15) is 0 Å². The minimum Gasteiger partial charge on any atom is -0.322 e. The lowest BCUT2D eigenvalue weighted by Gasteiger charge is -2.09. The molecule has 3 aromatic heterocycles. The molecule has 1 aromatic carbocycles. The fourth-order valence-corrected chi connectivity index (χ4v) is 3.55. The number of anilines is 1. The van der Waals surface area contributed by atoms with Crippen molar-refractivity contribution in [3.8, 4) is 10.6 Å². The van der Waals surface area contributed by atoms with Gasteiger partial charge in [0.25, 0.3) is 5.91 Å². The monoisotopic (exact) mass is 380 g/mol. The second kappa shape index (κ2) is 6.82. The predicted molar refractivity (Wildman–Crippen MR) is 105 cm³/mol. The Morgan fingerprint density at radius 3 is 2.77 bits per heavy atom. The number of benzene rings is 1. The van der Waals surface area contributed by atoms with Crippen LogP contribution in [0.25, 0.3) is 20.9 Å². The Labute approximate surface area is 158 Å². The lowest BCUT2D eigenvalue weighted by atomic mass is 10.1. The first-order chi connectivity index (χ1) is 12.6. The molecular formula is C19H13ClN4OS. The van der Waals surface area contributed by atoms with E-state index >= 15 is 0 Å². The highest BCUT2D eigenvalue weighted by molar-refractivity contribution is 7.21. The largest absolute Gasteiger partial charge is 0.322 e. The molecule has 0 radical (unpaired) electrons. The summed E-state index contributed by atoms with van der Waals surface area (Å²) in [6.45, 7) is 1.95. The molecule has 1 N–H and O–H groups in total. The maximum absolute atomic E-state index is 12.3. The van der Waals surface area contributed by atoms with Gasteiger partial charge >= 0.3 is 0 Å². The van der Waals surface area contributed by atoms with E-state index < -0.39 is 0 Å². The quantitative estimate of drug-likeness (QED) is 0.509. The van der Waals surface area contributed by atoms with Gasteiger partial charge in [0.15, 0.2) is 0 Å². The number of pyridine rings is 2. The highest BCUT2D eigenvalue weighted by Gasteiger charge is 2.11. The smallest absolute Gasteiger partial charge is 0.257 e. The number of nitrogens with zero attached hydrogens (tertiary/aromatic N) is 3. The van der Waals surface area contributed by atoms with E-state index in [4.69, 9.17) is 11.6 Å². The number of amides is 1. The molecule has 0 saturated carbocycles. The topological polar surface area (TPSA) is 67.8 Å². The Kier molecular flexibility index (Phi) is 4.36. The molecule has 0 aliphatic carbocycles. The molecule has 0 atom stereocenters. The summed E-state index contributed by atoms with van der Waals surface area (Å²) in [6.07, 6.45) is 3.22. The van der Waals surface area contributed by atoms with Crippen LogP contribution in [0.15, 0.2) is 54.9 Å². The third-order valence-electron chi connectivity index (χ3n) is 3.88. The molecule has 4 aromatic rings. The molecule has 5 nitrogen and oxygen atoms in total. The van der Waals surface area contributed by atoms with E-state index in [1.165, 1.54) is 6.20 Å². The molecule has 0 unspecified atom stereocenters. The lowest BCUT2D eigenvalue weighted by Crippen LogP contribution is -2.13. The molecule has 128 valence electrons. The van der Waals surface area contributed by atoms with Gasteiger partial charge < -0.3 is 5.32 Å². The molecule has 0 aliphatic heterocycles. The van der Waals surface area contributed by atoms with E-state index in [1.807, 2.05) is 37.3 Å². The molecule has 0 fully saturated rings. The number of rotatable bonds is 3. The van der Waals surface area contributed by atoms with Crippen molar-refractivity contribution in [2.45, 2.75) is 6.92 Å². The van der Waals surface area contributed by atoms with Crippen LogP contribution in [0.2, 0.25) is 5.15 Å². The minimum atomic E-state index is -0.228.